The molecule has 0 aliphatic heterocycles. The topological polar surface area (TPSA) is 81.7 Å². The molecule has 1 aliphatic rings. The number of hydrogen-bond acceptors (Lipinski definition) is 5. The SMILES string of the molecule is CC(C)OC(=O)CCc1ccccc1OCCCCC[C@H]1CC[C@H](NS(=O)(=O)c2ccccc2)CC1. The van der Waals surface area contributed by atoms with Crippen LogP contribution in [0.1, 0.15) is 77.2 Å². The first-order valence-electron chi connectivity index (χ1n) is 13.3. The van der Waals surface area contributed by atoms with Crippen molar-refractivity contribution in [3.63, 3.8) is 0 Å². The van der Waals surface area contributed by atoms with E-state index in [2.05, 4.69) is 4.72 Å². The van der Waals surface area contributed by atoms with E-state index in [0.29, 0.717) is 30.3 Å². The van der Waals surface area contributed by atoms with E-state index in [1.54, 1.807) is 24.3 Å². The van der Waals surface area contributed by atoms with E-state index in [9.17, 15) is 13.2 Å². The predicted octanol–water partition coefficient (Wildman–Crippen LogP) is 6.05. The third-order valence-electron chi connectivity index (χ3n) is 6.67. The van der Waals surface area contributed by atoms with Crippen LogP contribution >= 0.6 is 0 Å². The van der Waals surface area contributed by atoms with Crippen LogP contribution in [0.25, 0.3) is 0 Å². The number of hydrogen-bond donors (Lipinski definition) is 1. The van der Waals surface area contributed by atoms with Gasteiger partial charge in [-0.15, -0.1) is 0 Å². The summed E-state index contributed by atoms with van der Waals surface area (Å²) in [7, 11) is -3.43. The zero-order valence-corrected chi connectivity index (χ0v) is 22.5. The highest BCUT2D eigenvalue weighted by Gasteiger charge is 2.25. The van der Waals surface area contributed by atoms with Crippen molar-refractivity contribution in [3.05, 3.63) is 60.2 Å². The maximum atomic E-state index is 12.5. The molecule has 0 radical (unpaired) electrons. The summed E-state index contributed by atoms with van der Waals surface area (Å²) in [5, 5.41) is 0. The van der Waals surface area contributed by atoms with Crippen LogP contribution in [0.15, 0.2) is 59.5 Å². The molecule has 1 saturated carbocycles. The number of aryl methyl sites for hydroxylation is 1. The molecular formula is C29H41NO5S. The highest BCUT2D eigenvalue weighted by molar-refractivity contribution is 7.89. The fraction of sp³-hybridized carbons (Fsp3) is 0.552. The van der Waals surface area contributed by atoms with Crippen LogP contribution in [-0.2, 0) is 26.0 Å². The molecule has 3 rings (SSSR count). The fourth-order valence-corrected chi connectivity index (χ4v) is 6.09. The van der Waals surface area contributed by atoms with Crippen LogP contribution < -0.4 is 9.46 Å². The lowest BCUT2D eigenvalue weighted by Crippen LogP contribution is -2.37. The van der Waals surface area contributed by atoms with E-state index in [0.717, 1.165) is 56.3 Å². The number of ether oxygens (including phenoxy) is 2. The van der Waals surface area contributed by atoms with Crippen LogP contribution in [0, 0.1) is 5.92 Å². The quantitative estimate of drug-likeness (QED) is 0.245. The molecule has 36 heavy (non-hydrogen) atoms. The van der Waals surface area contributed by atoms with Gasteiger partial charge in [0.1, 0.15) is 5.75 Å². The molecule has 7 heteroatoms. The number of sulfonamides is 1. The van der Waals surface area contributed by atoms with Crippen LogP contribution in [0.2, 0.25) is 0 Å². The van der Waals surface area contributed by atoms with Gasteiger partial charge in [0.05, 0.1) is 17.6 Å². The second-order valence-corrected chi connectivity index (χ2v) is 11.7. The van der Waals surface area contributed by atoms with Gasteiger partial charge < -0.3 is 9.47 Å². The fourth-order valence-electron chi connectivity index (χ4n) is 4.76. The molecule has 1 N–H and O–H groups in total. The number of nitrogens with one attached hydrogen (secondary N) is 1. The first kappa shape index (κ1) is 28.2. The molecule has 1 aliphatic carbocycles. The normalized spacial score (nSPS) is 18.2. The summed E-state index contributed by atoms with van der Waals surface area (Å²) in [6, 6.07) is 16.5. The van der Waals surface area contributed by atoms with Gasteiger partial charge in [-0.25, -0.2) is 13.1 Å². The molecule has 0 amide bonds. The number of para-hydroxylation sites is 1. The van der Waals surface area contributed by atoms with Crippen molar-refractivity contribution in [1.82, 2.24) is 4.72 Å². The molecule has 0 spiro atoms. The summed E-state index contributed by atoms with van der Waals surface area (Å²) in [5.41, 5.74) is 1.04. The van der Waals surface area contributed by atoms with E-state index in [4.69, 9.17) is 9.47 Å². The maximum absolute atomic E-state index is 12.5. The molecule has 2 aromatic rings. The molecule has 198 valence electrons. The Labute approximate surface area is 216 Å². The largest absolute Gasteiger partial charge is 0.493 e. The Kier molecular flexibility index (Phi) is 11.3. The van der Waals surface area contributed by atoms with Gasteiger partial charge in [0.25, 0.3) is 0 Å². The Bertz CT molecular complexity index is 1030. The summed E-state index contributed by atoms with van der Waals surface area (Å²) >= 11 is 0. The van der Waals surface area contributed by atoms with Crippen LogP contribution in [-0.4, -0.2) is 33.1 Å². The Balaban J connectivity index is 1.29. The number of benzene rings is 2. The summed E-state index contributed by atoms with van der Waals surface area (Å²) in [6.45, 7) is 4.38. The van der Waals surface area contributed by atoms with E-state index < -0.39 is 10.0 Å². The summed E-state index contributed by atoms with van der Waals surface area (Å²) in [6.07, 6.45) is 9.30. The zero-order valence-electron chi connectivity index (χ0n) is 21.7. The van der Waals surface area contributed by atoms with Crippen molar-refractivity contribution >= 4 is 16.0 Å². The average molecular weight is 516 g/mol. The Morgan fingerprint density at radius 3 is 2.36 bits per heavy atom. The number of carbonyl (C=O) groups is 1. The minimum Gasteiger partial charge on any atom is -0.493 e. The van der Waals surface area contributed by atoms with E-state index in [1.807, 2.05) is 44.2 Å². The van der Waals surface area contributed by atoms with Crippen LogP contribution in [0.5, 0.6) is 5.75 Å². The molecular weight excluding hydrogens is 474 g/mol. The Hall–Kier alpha value is -2.38. The average Bonchev–Trinajstić information content (AvgIpc) is 2.86. The van der Waals surface area contributed by atoms with Crippen molar-refractivity contribution in [2.24, 2.45) is 5.92 Å². The smallest absolute Gasteiger partial charge is 0.306 e. The predicted molar refractivity (Wildman–Crippen MR) is 142 cm³/mol. The molecule has 0 heterocycles. The number of unbranched alkanes of at least 4 members (excludes halogenated alkanes) is 2. The van der Waals surface area contributed by atoms with E-state index >= 15 is 0 Å². The van der Waals surface area contributed by atoms with Crippen molar-refractivity contribution in [2.45, 2.75) is 95.1 Å². The summed E-state index contributed by atoms with van der Waals surface area (Å²) < 4.78 is 39.2. The van der Waals surface area contributed by atoms with E-state index in [1.165, 1.54) is 6.42 Å². The van der Waals surface area contributed by atoms with Crippen LogP contribution in [0.4, 0.5) is 0 Å². The molecule has 1 fully saturated rings. The van der Waals surface area contributed by atoms with Crippen LogP contribution in [0.3, 0.4) is 0 Å². The first-order chi connectivity index (χ1) is 17.3. The third kappa shape index (κ3) is 9.58. The van der Waals surface area contributed by atoms with Gasteiger partial charge in [0.15, 0.2) is 0 Å². The minimum atomic E-state index is -3.43. The molecule has 0 aromatic heterocycles. The third-order valence-corrected chi connectivity index (χ3v) is 8.21. The van der Waals surface area contributed by atoms with Crippen molar-refractivity contribution in [3.8, 4) is 5.75 Å². The summed E-state index contributed by atoms with van der Waals surface area (Å²) in [5.74, 6) is 1.35. The van der Waals surface area contributed by atoms with Crippen molar-refractivity contribution < 1.29 is 22.7 Å². The molecule has 0 saturated heterocycles. The Morgan fingerprint density at radius 1 is 0.944 bits per heavy atom. The summed E-state index contributed by atoms with van der Waals surface area (Å²) in [4.78, 5) is 12.2. The Morgan fingerprint density at radius 2 is 1.64 bits per heavy atom. The number of carbonyl (C=O) groups excluding carboxylic acids is 1. The molecule has 0 bridgehead atoms. The van der Waals surface area contributed by atoms with Crippen molar-refractivity contribution in [2.75, 3.05) is 6.61 Å². The standard InChI is InChI=1S/C29H41NO5S/c1-23(2)35-29(31)21-18-25-12-8-9-15-28(25)34-22-10-4-5-11-24-16-19-26(20-17-24)30-36(32,33)27-13-6-3-7-14-27/h3,6-9,12-15,23-24,26,30H,4-5,10-11,16-22H2,1-2H3/t24-,26-. The minimum absolute atomic E-state index is 0.0344. The second kappa shape index (κ2) is 14.4. The highest BCUT2D eigenvalue weighted by Crippen LogP contribution is 2.29. The maximum Gasteiger partial charge on any atom is 0.306 e. The van der Waals surface area contributed by atoms with Gasteiger partial charge in [0.2, 0.25) is 10.0 Å². The van der Waals surface area contributed by atoms with E-state index in [-0.39, 0.29) is 18.1 Å². The first-order valence-corrected chi connectivity index (χ1v) is 14.8. The molecule has 2 aromatic carbocycles. The van der Waals surface area contributed by atoms with Gasteiger partial charge in [0, 0.05) is 12.5 Å². The van der Waals surface area contributed by atoms with Gasteiger partial charge in [-0.2, -0.15) is 0 Å². The lowest BCUT2D eigenvalue weighted by Gasteiger charge is -2.29. The molecule has 0 atom stereocenters. The lowest BCUT2D eigenvalue weighted by molar-refractivity contribution is -0.147. The highest BCUT2D eigenvalue weighted by atomic mass is 32.2. The number of rotatable bonds is 14. The molecule has 0 unspecified atom stereocenters. The second-order valence-electron chi connectivity index (χ2n) is 10.00. The van der Waals surface area contributed by atoms with Gasteiger partial charge in [-0.3, -0.25) is 4.79 Å². The zero-order chi connectivity index (χ0) is 25.8. The van der Waals surface area contributed by atoms with Gasteiger partial charge in [-0.05, 0) is 82.1 Å². The van der Waals surface area contributed by atoms with Gasteiger partial charge >= 0.3 is 5.97 Å². The lowest BCUT2D eigenvalue weighted by atomic mass is 9.83. The monoisotopic (exact) mass is 515 g/mol. The van der Waals surface area contributed by atoms with Crippen molar-refractivity contribution in [1.29, 1.82) is 0 Å². The van der Waals surface area contributed by atoms with Gasteiger partial charge in [-0.1, -0.05) is 55.7 Å². The number of esters is 1. The molecule has 6 nitrogen and oxygen atoms in total.